The molecule has 0 fully saturated rings. The Morgan fingerprint density at radius 3 is 2.58 bits per heavy atom. The highest BCUT2D eigenvalue weighted by Gasteiger charge is 2.19. The van der Waals surface area contributed by atoms with Crippen LogP contribution in [0.4, 0.5) is 5.82 Å². The highest BCUT2D eigenvalue weighted by molar-refractivity contribution is 7.46. The second-order valence-corrected chi connectivity index (χ2v) is 9.69. The van der Waals surface area contributed by atoms with Crippen LogP contribution in [-0.2, 0) is 35.4 Å². The number of phosphoric acid groups is 1. The number of hydrogen-bond acceptors (Lipinski definition) is 5. The van der Waals surface area contributed by atoms with E-state index >= 15 is 0 Å². The first-order chi connectivity index (χ1) is 17.3. The molecule has 10 heteroatoms. The van der Waals surface area contributed by atoms with E-state index in [1.165, 1.54) is 10.1 Å². The molecule has 2 aromatic carbocycles. The first-order valence-corrected chi connectivity index (χ1v) is 13.1. The molecule has 0 spiro atoms. The standard InChI is InChI=1S/C26H29N4O5P/c1-2-5-20-6-3-7-24(14-20)34-18-22-11-9-21(10-12-22)16-30-17-23(15-28-30)25-8-4-13-29(26(25)27)19-35-36(31,32)33/h3-4,6-15,17,27H,2,5,16,18-19H2,1H3,(H2,31,32,33)/p+1. The van der Waals surface area contributed by atoms with E-state index in [0.717, 1.165) is 35.3 Å². The monoisotopic (exact) mass is 509 g/mol. The van der Waals surface area contributed by atoms with Gasteiger partial charge in [0, 0.05) is 11.8 Å². The third-order valence-electron chi connectivity index (χ3n) is 5.63. The zero-order valence-electron chi connectivity index (χ0n) is 20.0. The number of ether oxygens (including phenoxy) is 1. The number of benzene rings is 2. The van der Waals surface area contributed by atoms with E-state index in [1.54, 1.807) is 18.5 Å². The van der Waals surface area contributed by atoms with E-state index in [2.05, 4.69) is 52.9 Å². The summed E-state index contributed by atoms with van der Waals surface area (Å²) in [5.41, 5.74) is 11.1. The Labute approximate surface area is 210 Å². The van der Waals surface area contributed by atoms with E-state index < -0.39 is 7.82 Å². The van der Waals surface area contributed by atoms with Crippen LogP contribution in [-0.4, -0.2) is 19.6 Å². The summed E-state index contributed by atoms with van der Waals surface area (Å²) in [4.78, 5) is 17.9. The van der Waals surface area contributed by atoms with Gasteiger partial charge >= 0.3 is 7.82 Å². The molecule has 0 saturated heterocycles. The number of nitrogens with two attached hydrogens (primary N) is 1. The summed E-state index contributed by atoms with van der Waals surface area (Å²) in [5, 5.41) is 4.44. The fraction of sp³-hybridized carbons (Fsp3) is 0.231. The third-order valence-corrected chi connectivity index (χ3v) is 6.09. The molecule has 0 aliphatic carbocycles. The van der Waals surface area contributed by atoms with Gasteiger partial charge in [0.2, 0.25) is 6.73 Å². The quantitative estimate of drug-likeness (QED) is 0.206. The number of phosphoric ester groups is 1. The smallest absolute Gasteiger partial charge is 0.472 e. The molecule has 9 nitrogen and oxygen atoms in total. The van der Waals surface area contributed by atoms with Crippen LogP contribution in [0.2, 0.25) is 0 Å². The number of anilines is 1. The molecular weight excluding hydrogens is 479 g/mol. The predicted molar refractivity (Wildman–Crippen MR) is 136 cm³/mol. The Bertz CT molecular complexity index is 1350. The van der Waals surface area contributed by atoms with Gasteiger partial charge in [0.1, 0.15) is 12.4 Å². The van der Waals surface area contributed by atoms with Crippen LogP contribution >= 0.6 is 7.82 Å². The maximum absolute atomic E-state index is 11.0. The summed E-state index contributed by atoms with van der Waals surface area (Å²) in [6.07, 6.45) is 7.32. The average Bonchev–Trinajstić information content (AvgIpc) is 3.31. The summed E-state index contributed by atoms with van der Waals surface area (Å²) in [7, 11) is -4.60. The predicted octanol–water partition coefficient (Wildman–Crippen LogP) is 4.07. The van der Waals surface area contributed by atoms with Gasteiger partial charge in [0.05, 0.1) is 24.5 Å². The Kier molecular flexibility index (Phi) is 8.18. The Morgan fingerprint density at radius 1 is 1.06 bits per heavy atom. The van der Waals surface area contributed by atoms with Crippen LogP contribution in [0.1, 0.15) is 30.0 Å². The van der Waals surface area contributed by atoms with E-state index in [4.69, 9.17) is 20.3 Å². The second-order valence-electron chi connectivity index (χ2n) is 8.45. The molecule has 2 heterocycles. The van der Waals surface area contributed by atoms with Crippen molar-refractivity contribution in [1.82, 2.24) is 9.78 Å². The van der Waals surface area contributed by atoms with Gasteiger partial charge in [-0.1, -0.05) is 49.7 Å². The molecule has 0 saturated carbocycles. The molecular formula is C26H30N4O5P+. The molecule has 188 valence electrons. The van der Waals surface area contributed by atoms with Crippen LogP contribution in [0.5, 0.6) is 5.75 Å². The van der Waals surface area contributed by atoms with Crippen molar-refractivity contribution in [1.29, 1.82) is 0 Å². The lowest BCUT2D eigenvalue weighted by Gasteiger charge is -2.09. The molecule has 4 aromatic rings. The largest absolute Gasteiger partial charge is 0.489 e. The summed E-state index contributed by atoms with van der Waals surface area (Å²) < 4.78 is 24.8. The minimum absolute atomic E-state index is 0.315. The number of nitrogen functional groups attached to an aromatic ring is 1. The lowest BCUT2D eigenvalue weighted by molar-refractivity contribution is -0.711. The van der Waals surface area contributed by atoms with Crippen LogP contribution in [0.15, 0.2) is 79.3 Å². The SMILES string of the molecule is CCCc1cccc(OCc2ccc(Cn3cc(-c4ccc[n+](COP(=O)(O)O)c4N)cn3)cc2)c1. The van der Waals surface area contributed by atoms with Crippen molar-refractivity contribution in [2.75, 3.05) is 5.73 Å². The van der Waals surface area contributed by atoms with Crippen molar-refractivity contribution in [2.45, 2.75) is 39.6 Å². The van der Waals surface area contributed by atoms with Crippen molar-refractivity contribution in [3.05, 3.63) is 95.9 Å². The van der Waals surface area contributed by atoms with Crippen LogP contribution < -0.4 is 15.0 Å². The maximum atomic E-state index is 11.0. The number of nitrogens with zero attached hydrogens (tertiary/aromatic N) is 3. The number of aromatic nitrogens is 3. The fourth-order valence-electron chi connectivity index (χ4n) is 3.82. The van der Waals surface area contributed by atoms with Crippen molar-refractivity contribution < 1.29 is 28.2 Å². The molecule has 4 rings (SSSR count). The molecule has 36 heavy (non-hydrogen) atoms. The Hall–Kier alpha value is -3.49. The van der Waals surface area contributed by atoms with Gasteiger partial charge in [-0.05, 0) is 47.4 Å². The van der Waals surface area contributed by atoms with Crippen molar-refractivity contribution in [3.63, 3.8) is 0 Å². The Morgan fingerprint density at radius 2 is 1.83 bits per heavy atom. The van der Waals surface area contributed by atoms with E-state index in [1.807, 2.05) is 29.1 Å². The first-order valence-electron chi connectivity index (χ1n) is 11.6. The normalized spacial score (nSPS) is 11.5. The number of hydrogen-bond donors (Lipinski definition) is 3. The molecule has 0 bridgehead atoms. The van der Waals surface area contributed by atoms with Crippen molar-refractivity contribution in [2.24, 2.45) is 0 Å². The minimum Gasteiger partial charge on any atom is -0.489 e. The van der Waals surface area contributed by atoms with Gasteiger partial charge < -0.3 is 14.5 Å². The molecule has 0 radical (unpaired) electrons. The van der Waals surface area contributed by atoms with E-state index in [0.29, 0.717) is 24.5 Å². The van der Waals surface area contributed by atoms with Gasteiger partial charge in [-0.3, -0.25) is 10.4 Å². The molecule has 0 unspecified atom stereocenters. The van der Waals surface area contributed by atoms with Gasteiger partial charge in [0.25, 0.3) is 5.82 Å². The topological polar surface area (TPSA) is 124 Å². The van der Waals surface area contributed by atoms with E-state index in [9.17, 15) is 4.57 Å². The van der Waals surface area contributed by atoms with Crippen molar-refractivity contribution in [3.8, 4) is 16.9 Å². The lowest BCUT2D eigenvalue weighted by atomic mass is 10.1. The molecule has 4 N–H and O–H groups in total. The zero-order valence-corrected chi connectivity index (χ0v) is 20.9. The van der Waals surface area contributed by atoms with E-state index in [-0.39, 0.29) is 6.73 Å². The number of aryl methyl sites for hydroxylation is 1. The summed E-state index contributed by atoms with van der Waals surface area (Å²) in [5.74, 6) is 1.19. The van der Waals surface area contributed by atoms with Crippen LogP contribution in [0, 0.1) is 0 Å². The number of rotatable bonds is 11. The Balaban J connectivity index is 1.37. The molecule has 0 aliphatic heterocycles. The highest BCUT2D eigenvalue weighted by atomic mass is 31.2. The second kappa shape index (κ2) is 11.5. The molecule has 2 aromatic heterocycles. The molecule has 0 aliphatic rings. The maximum Gasteiger partial charge on any atom is 0.472 e. The minimum atomic E-state index is -4.60. The number of pyridine rings is 1. The molecule has 0 amide bonds. The van der Waals surface area contributed by atoms with Crippen LogP contribution in [0.25, 0.3) is 11.1 Å². The van der Waals surface area contributed by atoms with Gasteiger partial charge in [-0.15, -0.1) is 0 Å². The first kappa shape index (κ1) is 25.6. The zero-order chi connectivity index (χ0) is 25.5. The lowest BCUT2D eigenvalue weighted by Crippen LogP contribution is -2.38. The van der Waals surface area contributed by atoms with Gasteiger partial charge in [-0.2, -0.15) is 5.10 Å². The fourth-order valence-corrected chi connectivity index (χ4v) is 4.10. The molecule has 0 atom stereocenters. The average molecular weight is 510 g/mol. The third kappa shape index (κ3) is 7.02. The summed E-state index contributed by atoms with van der Waals surface area (Å²) >= 11 is 0. The van der Waals surface area contributed by atoms with Crippen LogP contribution in [0.3, 0.4) is 0 Å². The summed E-state index contributed by atoms with van der Waals surface area (Å²) in [6, 6.07) is 20.0. The van der Waals surface area contributed by atoms with Gasteiger partial charge in [-0.25, -0.2) is 13.7 Å². The highest BCUT2D eigenvalue weighted by Crippen LogP contribution is 2.35. The van der Waals surface area contributed by atoms with Crippen molar-refractivity contribution >= 4 is 13.6 Å². The summed E-state index contributed by atoms with van der Waals surface area (Å²) in [6.45, 7) is 2.88. The van der Waals surface area contributed by atoms with Gasteiger partial charge in [0.15, 0.2) is 0 Å².